The van der Waals surface area contributed by atoms with E-state index in [9.17, 15) is 4.79 Å². The Hall–Kier alpha value is -0.910. The highest BCUT2D eigenvalue weighted by molar-refractivity contribution is 7.09. The summed E-state index contributed by atoms with van der Waals surface area (Å²) in [4.78, 5) is 12.1. The van der Waals surface area contributed by atoms with Crippen molar-refractivity contribution >= 4 is 17.3 Å². The van der Waals surface area contributed by atoms with Gasteiger partial charge in [-0.05, 0) is 11.4 Å². The van der Waals surface area contributed by atoms with Crippen LogP contribution in [-0.2, 0) is 20.9 Å². The standard InChI is InChI=1S/C9H13NO3S/c10-3-4-12-7-9(11)13-6-8-2-1-5-14-8/h1-2,5H,3-4,6-7,10H2. The van der Waals surface area contributed by atoms with Crippen LogP contribution < -0.4 is 5.73 Å². The normalized spacial score (nSPS) is 10.1. The van der Waals surface area contributed by atoms with Gasteiger partial charge in [-0.25, -0.2) is 4.79 Å². The molecule has 1 rings (SSSR count). The van der Waals surface area contributed by atoms with Gasteiger partial charge in [-0.15, -0.1) is 11.3 Å². The number of thiophene rings is 1. The van der Waals surface area contributed by atoms with Crippen LogP contribution in [-0.4, -0.2) is 25.7 Å². The predicted octanol–water partition coefficient (Wildman–Crippen LogP) is 0.767. The zero-order valence-corrected chi connectivity index (χ0v) is 8.59. The van der Waals surface area contributed by atoms with Crippen LogP contribution in [0.3, 0.4) is 0 Å². The molecule has 1 aromatic heterocycles. The minimum atomic E-state index is -0.355. The van der Waals surface area contributed by atoms with Crippen molar-refractivity contribution in [1.82, 2.24) is 0 Å². The largest absolute Gasteiger partial charge is 0.458 e. The van der Waals surface area contributed by atoms with Crippen LogP contribution in [0.25, 0.3) is 0 Å². The number of ether oxygens (including phenoxy) is 2. The maximum atomic E-state index is 11.0. The summed E-state index contributed by atoms with van der Waals surface area (Å²) in [5, 5.41) is 1.94. The Labute approximate surface area is 86.6 Å². The Bertz CT molecular complexity index is 261. The van der Waals surface area contributed by atoms with Gasteiger partial charge in [0.15, 0.2) is 0 Å². The first-order valence-corrected chi connectivity index (χ1v) is 5.16. The molecule has 0 amide bonds. The number of nitrogens with two attached hydrogens (primary N) is 1. The molecule has 0 aliphatic heterocycles. The quantitative estimate of drug-likeness (QED) is 0.562. The molecule has 1 aromatic rings. The third-order valence-electron chi connectivity index (χ3n) is 1.44. The van der Waals surface area contributed by atoms with Crippen LogP contribution >= 0.6 is 11.3 Å². The molecule has 0 aliphatic rings. The van der Waals surface area contributed by atoms with E-state index in [1.54, 1.807) is 11.3 Å². The van der Waals surface area contributed by atoms with Gasteiger partial charge in [-0.1, -0.05) is 6.07 Å². The molecule has 0 unspecified atom stereocenters. The van der Waals surface area contributed by atoms with Crippen molar-refractivity contribution in [1.29, 1.82) is 0 Å². The molecule has 0 bridgehead atoms. The number of rotatable bonds is 6. The fourth-order valence-electron chi connectivity index (χ4n) is 0.827. The van der Waals surface area contributed by atoms with E-state index in [2.05, 4.69) is 0 Å². The molecular formula is C9H13NO3S. The highest BCUT2D eigenvalue weighted by Gasteiger charge is 2.03. The molecular weight excluding hydrogens is 202 g/mol. The van der Waals surface area contributed by atoms with Crippen molar-refractivity contribution in [2.75, 3.05) is 19.8 Å². The topological polar surface area (TPSA) is 61.5 Å². The lowest BCUT2D eigenvalue weighted by atomic mass is 10.5. The van der Waals surface area contributed by atoms with Gasteiger partial charge >= 0.3 is 5.97 Å². The highest BCUT2D eigenvalue weighted by Crippen LogP contribution is 2.09. The summed E-state index contributed by atoms with van der Waals surface area (Å²) in [5.41, 5.74) is 5.19. The first-order valence-electron chi connectivity index (χ1n) is 4.28. The van der Waals surface area contributed by atoms with Crippen LogP contribution in [0.4, 0.5) is 0 Å². The van der Waals surface area contributed by atoms with Gasteiger partial charge in [0, 0.05) is 11.4 Å². The lowest BCUT2D eigenvalue weighted by molar-refractivity contribution is -0.150. The van der Waals surface area contributed by atoms with Crippen LogP contribution in [0.15, 0.2) is 17.5 Å². The van der Waals surface area contributed by atoms with Crippen LogP contribution in [0, 0.1) is 0 Å². The Kier molecular flexibility index (Phi) is 5.21. The molecule has 4 nitrogen and oxygen atoms in total. The third kappa shape index (κ3) is 4.36. The summed E-state index contributed by atoms with van der Waals surface area (Å²) in [7, 11) is 0. The summed E-state index contributed by atoms with van der Waals surface area (Å²) in [5.74, 6) is -0.355. The molecule has 0 fully saturated rings. The molecule has 0 saturated heterocycles. The second-order valence-electron chi connectivity index (χ2n) is 2.58. The van der Waals surface area contributed by atoms with E-state index in [0.29, 0.717) is 19.8 Å². The lowest BCUT2D eigenvalue weighted by Gasteiger charge is -2.03. The van der Waals surface area contributed by atoms with Gasteiger partial charge in [0.05, 0.1) is 6.61 Å². The first-order chi connectivity index (χ1) is 6.83. The molecule has 5 heteroatoms. The van der Waals surface area contributed by atoms with Crippen molar-refractivity contribution in [3.8, 4) is 0 Å². The average molecular weight is 215 g/mol. The molecule has 1 heterocycles. The maximum absolute atomic E-state index is 11.0. The van der Waals surface area contributed by atoms with Crippen molar-refractivity contribution in [2.45, 2.75) is 6.61 Å². The van der Waals surface area contributed by atoms with E-state index in [0.717, 1.165) is 4.88 Å². The van der Waals surface area contributed by atoms with Gasteiger partial charge in [0.1, 0.15) is 13.2 Å². The second-order valence-corrected chi connectivity index (χ2v) is 3.61. The van der Waals surface area contributed by atoms with E-state index in [1.807, 2.05) is 17.5 Å². The number of hydrogen-bond acceptors (Lipinski definition) is 5. The second kappa shape index (κ2) is 6.53. The minimum absolute atomic E-state index is 0.0252. The molecule has 0 spiro atoms. The van der Waals surface area contributed by atoms with E-state index >= 15 is 0 Å². The maximum Gasteiger partial charge on any atom is 0.332 e. The molecule has 0 atom stereocenters. The van der Waals surface area contributed by atoms with Gasteiger partial charge in [-0.2, -0.15) is 0 Å². The molecule has 0 saturated carbocycles. The fraction of sp³-hybridized carbons (Fsp3) is 0.444. The Morgan fingerprint density at radius 1 is 1.57 bits per heavy atom. The van der Waals surface area contributed by atoms with Crippen molar-refractivity contribution in [2.24, 2.45) is 5.73 Å². The number of esters is 1. The van der Waals surface area contributed by atoms with Crippen molar-refractivity contribution in [3.05, 3.63) is 22.4 Å². The predicted molar refractivity (Wildman–Crippen MR) is 54.0 cm³/mol. The summed E-state index contributed by atoms with van der Waals surface area (Å²) in [6, 6.07) is 3.83. The molecule has 0 aromatic carbocycles. The average Bonchev–Trinajstić information content (AvgIpc) is 2.68. The van der Waals surface area contributed by atoms with Gasteiger partial charge in [-0.3, -0.25) is 0 Å². The first kappa shape index (κ1) is 11.2. The molecule has 78 valence electrons. The monoisotopic (exact) mass is 215 g/mol. The summed E-state index contributed by atoms with van der Waals surface area (Å²) >= 11 is 1.56. The zero-order chi connectivity index (χ0) is 10.2. The molecule has 2 N–H and O–H groups in total. The summed E-state index contributed by atoms with van der Waals surface area (Å²) in [6.45, 7) is 1.09. The van der Waals surface area contributed by atoms with Crippen molar-refractivity contribution in [3.63, 3.8) is 0 Å². The number of carbonyl (C=O) groups is 1. The van der Waals surface area contributed by atoms with Gasteiger partial charge < -0.3 is 15.2 Å². The highest BCUT2D eigenvalue weighted by atomic mass is 32.1. The molecule has 0 radical (unpaired) electrons. The number of carbonyl (C=O) groups excluding carboxylic acids is 1. The minimum Gasteiger partial charge on any atom is -0.458 e. The van der Waals surface area contributed by atoms with Gasteiger partial charge in [0.25, 0.3) is 0 Å². The van der Waals surface area contributed by atoms with E-state index in [1.165, 1.54) is 0 Å². The van der Waals surface area contributed by atoms with E-state index < -0.39 is 0 Å². The Balaban J connectivity index is 2.09. The molecule has 0 aliphatic carbocycles. The fourth-order valence-corrected chi connectivity index (χ4v) is 1.44. The Morgan fingerprint density at radius 3 is 3.07 bits per heavy atom. The summed E-state index contributed by atoms with van der Waals surface area (Å²) < 4.78 is 9.86. The van der Waals surface area contributed by atoms with E-state index in [-0.39, 0.29) is 12.6 Å². The number of hydrogen-bond donors (Lipinski definition) is 1. The van der Waals surface area contributed by atoms with Crippen LogP contribution in [0.5, 0.6) is 0 Å². The smallest absolute Gasteiger partial charge is 0.332 e. The van der Waals surface area contributed by atoms with Crippen molar-refractivity contribution < 1.29 is 14.3 Å². The van der Waals surface area contributed by atoms with Gasteiger partial charge in [0.2, 0.25) is 0 Å². The third-order valence-corrected chi connectivity index (χ3v) is 2.29. The molecule has 14 heavy (non-hydrogen) atoms. The zero-order valence-electron chi connectivity index (χ0n) is 7.77. The van der Waals surface area contributed by atoms with Crippen LogP contribution in [0.2, 0.25) is 0 Å². The van der Waals surface area contributed by atoms with Crippen LogP contribution in [0.1, 0.15) is 4.88 Å². The van der Waals surface area contributed by atoms with E-state index in [4.69, 9.17) is 15.2 Å². The lowest BCUT2D eigenvalue weighted by Crippen LogP contribution is -2.16. The summed E-state index contributed by atoms with van der Waals surface area (Å²) in [6.07, 6.45) is 0. The Morgan fingerprint density at radius 2 is 2.43 bits per heavy atom. The SMILES string of the molecule is NCCOCC(=O)OCc1cccs1.